The summed E-state index contributed by atoms with van der Waals surface area (Å²) in [4.78, 5) is 51.6. The van der Waals surface area contributed by atoms with Crippen LogP contribution in [0.15, 0.2) is 70.3 Å². The lowest BCUT2D eigenvalue weighted by atomic mass is 9.97. The first-order valence-electron chi connectivity index (χ1n) is 10.4. The van der Waals surface area contributed by atoms with Crippen LogP contribution >= 0.6 is 0 Å². The number of aromatic nitrogens is 2. The summed E-state index contributed by atoms with van der Waals surface area (Å²) in [7, 11) is 1.24. The van der Waals surface area contributed by atoms with Crippen LogP contribution < -0.4 is 11.2 Å². The first-order valence-corrected chi connectivity index (χ1v) is 10.4. The van der Waals surface area contributed by atoms with Gasteiger partial charge in [-0.05, 0) is 11.5 Å². The van der Waals surface area contributed by atoms with Crippen molar-refractivity contribution < 1.29 is 14.3 Å². The van der Waals surface area contributed by atoms with E-state index in [0.29, 0.717) is 23.2 Å². The Morgan fingerprint density at radius 2 is 1.47 bits per heavy atom. The molecule has 0 radical (unpaired) electrons. The van der Waals surface area contributed by atoms with Crippen LogP contribution in [0.5, 0.6) is 0 Å². The second-order valence-electron chi connectivity index (χ2n) is 7.80. The third kappa shape index (κ3) is 4.94. The maximum atomic E-state index is 13.4. The highest BCUT2D eigenvalue weighted by atomic mass is 16.5. The predicted molar refractivity (Wildman–Crippen MR) is 121 cm³/mol. The van der Waals surface area contributed by atoms with Gasteiger partial charge in [0.25, 0.3) is 5.56 Å². The van der Waals surface area contributed by atoms with Crippen molar-refractivity contribution >= 4 is 11.8 Å². The average Bonchev–Trinajstić information content (AvgIpc) is 2.80. The number of methoxy groups -OCH3 is 1. The maximum Gasteiger partial charge on any atom is 0.332 e. The van der Waals surface area contributed by atoms with E-state index in [-0.39, 0.29) is 18.2 Å². The zero-order valence-corrected chi connectivity index (χ0v) is 18.4. The Kier molecular flexibility index (Phi) is 7.20. The van der Waals surface area contributed by atoms with Crippen LogP contribution in [0.2, 0.25) is 0 Å². The lowest BCUT2D eigenvalue weighted by Gasteiger charge is -2.20. The van der Waals surface area contributed by atoms with E-state index in [4.69, 9.17) is 4.74 Å². The number of ether oxygens (including phenoxy) is 1. The highest BCUT2D eigenvalue weighted by Gasteiger charge is 2.24. The van der Waals surface area contributed by atoms with E-state index in [1.54, 1.807) is 30.3 Å². The fraction of sp³-hybridized carbons (Fsp3) is 0.280. The lowest BCUT2D eigenvalue weighted by Crippen LogP contribution is -2.46. The first-order chi connectivity index (χ1) is 15.3. The third-order valence-electron chi connectivity index (χ3n) is 5.28. The molecule has 0 spiro atoms. The van der Waals surface area contributed by atoms with Crippen molar-refractivity contribution in [2.75, 3.05) is 7.11 Å². The number of esters is 1. The number of Topliss-reactive ketones (excluding diaryl/α,β-unsaturated/α-hetero) is 1. The minimum atomic E-state index is -0.708. The minimum absolute atomic E-state index is 0.233. The van der Waals surface area contributed by atoms with Crippen LogP contribution in [0.1, 0.15) is 46.9 Å². The molecule has 0 unspecified atom stereocenters. The molecule has 0 bridgehead atoms. The SMILES string of the molecule is COC(=O)Cn1c(Cc2ccccc2)c(C(C)C)c(=O)n(CC(=O)c2ccccc2)c1=O. The van der Waals surface area contributed by atoms with Crippen LogP contribution in [0.3, 0.4) is 0 Å². The topological polar surface area (TPSA) is 87.4 Å². The molecule has 0 saturated carbocycles. The molecule has 0 saturated heterocycles. The first kappa shape index (κ1) is 22.9. The number of carbonyl (C=O) groups excluding carboxylic acids is 2. The zero-order chi connectivity index (χ0) is 23.3. The van der Waals surface area contributed by atoms with Crippen molar-refractivity contribution in [2.45, 2.75) is 39.3 Å². The quantitative estimate of drug-likeness (QED) is 0.402. The Morgan fingerprint density at radius 1 is 0.875 bits per heavy atom. The van der Waals surface area contributed by atoms with Crippen molar-refractivity contribution in [1.29, 1.82) is 0 Å². The number of hydrogen-bond acceptors (Lipinski definition) is 5. The van der Waals surface area contributed by atoms with E-state index < -0.39 is 23.8 Å². The molecule has 0 atom stereocenters. The van der Waals surface area contributed by atoms with Crippen LogP contribution in [0.25, 0.3) is 0 Å². The minimum Gasteiger partial charge on any atom is -0.468 e. The standard InChI is InChI=1S/C25H26N2O5/c1-17(2)23-20(14-18-10-6-4-7-11-18)26(16-22(29)32-3)25(31)27(24(23)30)15-21(28)19-12-8-5-9-13-19/h4-13,17H,14-16H2,1-3H3. The molecule has 3 aromatic rings. The Morgan fingerprint density at radius 3 is 2.03 bits per heavy atom. The van der Waals surface area contributed by atoms with Crippen LogP contribution in [-0.2, 0) is 29.0 Å². The van der Waals surface area contributed by atoms with Crippen LogP contribution in [0, 0.1) is 0 Å². The molecule has 0 fully saturated rings. The highest BCUT2D eigenvalue weighted by Crippen LogP contribution is 2.18. The van der Waals surface area contributed by atoms with Gasteiger partial charge in [-0.1, -0.05) is 74.5 Å². The average molecular weight is 434 g/mol. The molecule has 0 aliphatic carbocycles. The summed E-state index contributed by atoms with van der Waals surface area (Å²) in [5.41, 5.74) is 0.928. The molecule has 32 heavy (non-hydrogen) atoms. The molecule has 3 rings (SSSR count). The molecule has 166 valence electrons. The zero-order valence-electron chi connectivity index (χ0n) is 18.4. The molecular weight excluding hydrogens is 408 g/mol. The number of benzene rings is 2. The summed E-state index contributed by atoms with van der Waals surface area (Å²) in [6, 6.07) is 17.9. The van der Waals surface area contributed by atoms with Gasteiger partial charge in [-0.25, -0.2) is 4.79 Å². The second kappa shape index (κ2) is 10.0. The Balaban J connectivity index is 2.20. The summed E-state index contributed by atoms with van der Waals surface area (Å²) < 4.78 is 6.96. The van der Waals surface area contributed by atoms with E-state index in [9.17, 15) is 19.2 Å². The van der Waals surface area contributed by atoms with Gasteiger partial charge in [0.1, 0.15) is 6.54 Å². The van der Waals surface area contributed by atoms with E-state index >= 15 is 0 Å². The van der Waals surface area contributed by atoms with E-state index in [0.717, 1.165) is 10.1 Å². The normalized spacial score (nSPS) is 10.9. The smallest absolute Gasteiger partial charge is 0.332 e. The molecule has 0 amide bonds. The van der Waals surface area contributed by atoms with Crippen molar-refractivity contribution in [3.05, 3.63) is 104 Å². The van der Waals surface area contributed by atoms with Gasteiger partial charge < -0.3 is 4.74 Å². The van der Waals surface area contributed by atoms with E-state index in [1.807, 2.05) is 44.2 Å². The monoisotopic (exact) mass is 434 g/mol. The number of rotatable bonds is 8. The summed E-state index contributed by atoms with van der Waals surface area (Å²) in [6.07, 6.45) is 0.295. The predicted octanol–water partition coefficient (Wildman–Crippen LogP) is 2.78. The molecular formula is C25H26N2O5. The Hall–Kier alpha value is -3.74. The molecule has 7 heteroatoms. The largest absolute Gasteiger partial charge is 0.468 e. The van der Waals surface area contributed by atoms with Crippen molar-refractivity contribution in [3.63, 3.8) is 0 Å². The third-order valence-corrected chi connectivity index (χ3v) is 5.28. The summed E-state index contributed by atoms with van der Waals surface area (Å²) >= 11 is 0. The molecule has 0 aliphatic rings. The van der Waals surface area contributed by atoms with E-state index in [2.05, 4.69) is 0 Å². The van der Waals surface area contributed by atoms with Gasteiger partial charge in [-0.2, -0.15) is 0 Å². The molecule has 1 aromatic heterocycles. The summed E-state index contributed by atoms with van der Waals surface area (Å²) in [5, 5.41) is 0. The Labute approximate surface area is 185 Å². The summed E-state index contributed by atoms with van der Waals surface area (Å²) in [6.45, 7) is 2.94. The fourth-order valence-corrected chi connectivity index (χ4v) is 3.68. The molecule has 0 N–H and O–H groups in total. The maximum absolute atomic E-state index is 13.4. The van der Waals surface area contributed by atoms with Gasteiger partial charge in [0.05, 0.1) is 13.7 Å². The van der Waals surface area contributed by atoms with Crippen molar-refractivity contribution in [1.82, 2.24) is 9.13 Å². The van der Waals surface area contributed by atoms with E-state index in [1.165, 1.54) is 11.7 Å². The molecule has 1 heterocycles. The number of hydrogen-bond donors (Lipinski definition) is 0. The highest BCUT2D eigenvalue weighted by molar-refractivity contribution is 5.95. The van der Waals surface area contributed by atoms with Gasteiger partial charge in [0.15, 0.2) is 5.78 Å². The number of nitrogens with zero attached hydrogens (tertiary/aromatic N) is 2. The second-order valence-corrected chi connectivity index (χ2v) is 7.80. The molecule has 7 nitrogen and oxygen atoms in total. The molecule has 0 aliphatic heterocycles. The van der Waals surface area contributed by atoms with Gasteiger partial charge in [0.2, 0.25) is 0 Å². The van der Waals surface area contributed by atoms with Crippen LogP contribution in [0.4, 0.5) is 0 Å². The molecule has 2 aromatic carbocycles. The van der Waals surface area contributed by atoms with Crippen molar-refractivity contribution in [3.8, 4) is 0 Å². The van der Waals surface area contributed by atoms with Gasteiger partial charge in [0, 0.05) is 23.2 Å². The van der Waals surface area contributed by atoms with Gasteiger partial charge >= 0.3 is 11.7 Å². The van der Waals surface area contributed by atoms with Crippen molar-refractivity contribution in [2.24, 2.45) is 0 Å². The fourth-order valence-electron chi connectivity index (χ4n) is 3.68. The van der Waals surface area contributed by atoms with Gasteiger partial charge in [-0.3, -0.25) is 23.5 Å². The lowest BCUT2D eigenvalue weighted by molar-refractivity contribution is -0.141. The Bertz CT molecular complexity index is 1220. The number of carbonyl (C=O) groups is 2. The van der Waals surface area contributed by atoms with Crippen LogP contribution in [-0.4, -0.2) is 28.0 Å². The van der Waals surface area contributed by atoms with Gasteiger partial charge in [-0.15, -0.1) is 0 Å². The number of ketones is 1. The summed E-state index contributed by atoms with van der Waals surface area (Å²) in [5.74, 6) is -1.21.